The van der Waals surface area contributed by atoms with Crippen LogP contribution in [0.15, 0.2) is 42.5 Å². The van der Waals surface area contributed by atoms with E-state index in [1.165, 1.54) is 0 Å². The molecule has 2 aromatic carbocycles. The van der Waals surface area contributed by atoms with E-state index in [1.54, 1.807) is 51.3 Å². The summed E-state index contributed by atoms with van der Waals surface area (Å²) >= 11 is 6.00. The minimum Gasteiger partial charge on any atom is -0.495 e. The summed E-state index contributed by atoms with van der Waals surface area (Å²) in [5.74, 6) is 0.709. The lowest BCUT2D eigenvalue weighted by molar-refractivity contribution is 0.416. The van der Waals surface area contributed by atoms with E-state index in [9.17, 15) is 8.42 Å². The summed E-state index contributed by atoms with van der Waals surface area (Å²) < 4.78 is 31.5. The molecule has 2 aromatic rings. The molecule has 0 saturated heterocycles. The largest absolute Gasteiger partial charge is 0.495 e. The standard InChI is InChI=1S/C17H21ClN2O3S/c1-12(2)24(21,22)20-15-7-4-13(5-8-15)11-19-16-10-14(18)6-9-17(16)23-3/h4-10,12,19-20H,11H2,1-3H3. The van der Waals surface area contributed by atoms with Crippen LogP contribution in [-0.4, -0.2) is 20.8 Å². The minimum atomic E-state index is -3.33. The SMILES string of the molecule is COc1ccc(Cl)cc1NCc1ccc(NS(=O)(=O)C(C)C)cc1. The molecule has 0 aromatic heterocycles. The minimum absolute atomic E-state index is 0.478. The summed E-state index contributed by atoms with van der Waals surface area (Å²) in [7, 11) is -1.73. The van der Waals surface area contributed by atoms with Crippen molar-refractivity contribution in [1.29, 1.82) is 0 Å². The third kappa shape index (κ3) is 4.79. The average molecular weight is 369 g/mol. The Kier molecular flexibility index (Phi) is 5.96. The average Bonchev–Trinajstić information content (AvgIpc) is 2.54. The van der Waals surface area contributed by atoms with Gasteiger partial charge in [0.25, 0.3) is 0 Å². The highest BCUT2D eigenvalue weighted by Gasteiger charge is 2.15. The van der Waals surface area contributed by atoms with Crippen LogP contribution >= 0.6 is 11.6 Å². The highest BCUT2D eigenvalue weighted by atomic mass is 35.5. The molecule has 2 rings (SSSR count). The van der Waals surface area contributed by atoms with Crippen LogP contribution in [0.5, 0.6) is 5.75 Å². The van der Waals surface area contributed by atoms with Gasteiger partial charge in [0, 0.05) is 17.3 Å². The maximum Gasteiger partial charge on any atom is 0.235 e. The first kappa shape index (κ1) is 18.4. The molecule has 24 heavy (non-hydrogen) atoms. The second kappa shape index (κ2) is 7.77. The number of benzene rings is 2. The van der Waals surface area contributed by atoms with E-state index in [-0.39, 0.29) is 0 Å². The predicted octanol–water partition coefficient (Wildman–Crippen LogP) is 4.11. The van der Waals surface area contributed by atoms with Crippen molar-refractivity contribution in [2.45, 2.75) is 25.6 Å². The normalized spacial score (nSPS) is 11.4. The van der Waals surface area contributed by atoms with Crippen LogP contribution in [0.25, 0.3) is 0 Å². The van der Waals surface area contributed by atoms with Crippen molar-refractivity contribution in [3.63, 3.8) is 0 Å². The van der Waals surface area contributed by atoms with Crippen molar-refractivity contribution in [2.75, 3.05) is 17.1 Å². The zero-order valence-electron chi connectivity index (χ0n) is 13.8. The number of rotatable bonds is 7. The molecule has 2 N–H and O–H groups in total. The van der Waals surface area contributed by atoms with Gasteiger partial charge in [-0.15, -0.1) is 0 Å². The number of halogens is 1. The summed E-state index contributed by atoms with van der Waals surface area (Å²) in [4.78, 5) is 0. The fourth-order valence-electron chi connectivity index (χ4n) is 1.99. The first-order valence-electron chi connectivity index (χ1n) is 7.50. The van der Waals surface area contributed by atoms with Gasteiger partial charge in [0.15, 0.2) is 0 Å². The maximum atomic E-state index is 11.8. The molecule has 0 bridgehead atoms. The number of methoxy groups -OCH3 is 1. The fourth-order valence-corrected chi connectivity index (χ4v) is 2.86. The van der Waals surface area contributed by atoms with E-state index in [2.05, 4.69) is 10.0 Å². The molecule has 0 aliphatic heterocycles. The van der Waals surface area contributed by atoms with Gasteiger partial charge in [0.05, 0.1) is 18.0 Å². The van der Waals surface area contributed by atoms with Crippen molar-refractivity contribution >= 4 is 33.0 Å². The molecule has 0 fully saturated rings. The maximum absolute atomic E-state index is 11.8. The monoisotopic (exact) mass is 368 g/mol. The Morgan fingerprint density at radius 1 is 1.12 bits per heavy atom. The van der Waals surface area contributed by atoms with Crippen molar-refractivity contribution in [3.05, 3.63) is 53.1 Å². The van der Waals surface area contributed by atoms with Gasteiger partial charge >= 0.3 is 0 Å². The number of anilines is 2. The Morgan fingerprint density at radius 3 is 2.38 bits per heavy atom. The Morgan fingerprint density at radius 2 is 1.79 bits per heavy atom. The third-order valence-electron chi connectivity index (χ3n) is 3.48. The van der Waals surface area contributed by atoms with Crippen LogP contribution in [0.2, 0.25) is 5.02 Å². The Balaban J connectivity index is 2.04. The van der Waals surface area contributed by atoms with Gasteiger partial charge in [-0.05, 0) is 49.7 Å². The zero-order valence-corrected chi connectivity index (χ0v) is 15.4. The first-order chi connectivity index (χ1) is 11.3. The Labute approximate surface area is 148 Å². The molecule has 0 atom stereocenters. The lowest BCUT2D eigenvalue weighted by atomic mass is 10.2. The molecule has 5 nitrogen and oxygen atoms in total. The van der Waals surface area contributed by atoms with Gasteiger partial charge < -0.3 is 10.1 Å². The summed E-state index contributed by atoms with van der Waals surface area (Å²) in [6, 6.07) is 12.6. The van der Waals surface area contributed by atoms with E-state index in [4.69, 9.17) is 16.3 Å². The van der Waals surface area contributed by atoms with Crippen molar-refractivity contribution < 1.29 is 13.2 Å². The van der Waals surface area contributed by atoms with Crippen molar-refractivity contribution in [3.8, 4) is 5.75 Å². The van der Waals surface area contributed by atoms with Crippen molar-refractivity contribution in [2.24, 2.45) is 0 Å². The van der Waals surface area contributed by atoms with E-state index in [1.807, 2.05) is 12.1 Å². The Hall–Kier alpha value is -1.92. The lowest BCUT2D eigenvalue weighted by Crippen LogP contribution is -2.22. The fraction of sp³-hybridized carbons (Fsp3) is 0.294. The molecule has 0 unspecified atom stereocenters. The van der Waals surface area contributed by atoms with Gasteiger partial charge in [-0.25, -0.2) is 8.42 Å². The molecular weight excluding hydrogens is 348 g/mol. The van der Waals surface area contributed by atoms with Gasteiger partial charge in [-0.3, -0.25) is 4.72 Å². The Bertz CT molecular complexity index is 790. The highest BCUT2D eigenvalue weighted by Crippen LogP contribution is 2.28. The molecule has 0 radical (unpaired) electrons. The van der Waals surface area contributed by atoms with Gasteiger partial charge in [-0.2, -0.15) is 0 Å². The predicted molar refractivity (Wildman–Crippen MR) is 99.5 cm³/mol. The molecule has 0 heterocycles. The highest BCUT2D eigenvalue weighted by molar-refractivity contribution is 7.93. The van der Waals surface area contributed by atoms with E-state index in [0.29, 0.717) is 23.0 Å². The lowest BCUT2D eigenvalue weighted by Gasteiger charge is -2.13. The van der Waals surface area contributed by atoms with Gasteiger partial charge in [0.2, 0.25) is 10.0 Å². The molecule has 0 spiro atoms. The van der Waals surface area contributed by atoms with Crippen LogP contribution in [0, 0.1) is 0 Å². The second-order valence-corrected chi connectivity index (χ2v) is 8.26. The molecule has 0 amide bonds. The van der Waals surface area contributed by atoms with Crippen LogP contribution in [0.4, 0.5) is 11.4 Å². The first-order valence-corrected chi connectivity index (χ1v) is 9.42. The second-order valence-electron chi connectivity index (χ2n) is 5.59. The summed E-state index contributed by atoms with van der Waals surface area (Å²) in [6.45, 7) is 3.84. The number of nitrogens with one attached hydrogen (secondary N) is 2. The van der Waals surface area contributed by atoms with Crippen LogP contribution in [0.1, 0.15) is 19.4 Å². The quantitative estimate of drug-likeness (QED) is 0.771. The van der Waals surface area contributed by atoms with Gasteiger partial charge in [0.1, 0.15) is 5.75 Å². The van der Waals surface area contributed by atoms with Gasteiger partial charge in [-0.1, -0.05) is 23.7 Å². The molecule has 0 aliphatic rings. The molecular formula is C17H21ClN2O3S. The summed E-state index contributed by atoms with van der Waals surface area (Å²) in [6.07, 6.45) is 0. The van der Waals surface area contributed by atoms with E-state index < -0.39 is 15.3 Å². The smallest absolute Gasteiger partial charge is 0.235 e. The third-order valence-corrected chi connectivity index (χ3v) is 5.48. The molecule has 130 valence electrons. The topological polar surface area (TPSA) is 67.4 Å². The van der Waals surface area contributed by atoms with Crippen LogP contribution in [0.3, 0.4) is 0 Å². The molecule has 7 heteroatoms. The zero-order chi connectivity index (χ0) is 17.7. The van der Waals surface area contributed by atoms with E-state index in [0.717, 1.165) is 11.3 Å². The van der Waals surface area contributed by atoms with Crippen LogP contribution < -0.4 is 14.8 Å². The summed E-state index contributed by atoms with van der Waals surface area (Å²) in [5, 5.41) is 3.40. The van der Waals surface area contributed by atoms with E-state index >= 15 is 0 Å². The molecule has 0 aliphatic carbocycles. The summed E-state index contributed by atoms with van der Waals surface area (Å²) in [5.41, 5.74) is 2.35. The number of hydrogen-bond donors (Lipinski definition) is 2. The number of ether oxygens (including phenoxy) is 1. The van der Waals surface area contributed by atoms with Crippen LogP contribution in [-0.2, 0) is 16.6 Å². The molecule has 0 saturated carbocycles. The van der Waals surface area contributed by atoms with Crippen molar-refractivity contribution in [1.82, 2.24) is 0 Å². The number of sulfonamides is 1. The number of hydrogen-bond acceptors (Lipinski definition) is 4.